The molecular formula is C18H18ClFN4O3. The molecular weight excluding hydrogens is 375 g/mol. The van der Waals surface area contributed by atoms with Crippen molar-refractivity contribution in [1.82, 2.24) is 10.4 Å². The third-order valence-electron chi connectivity index (χ3n) is 3.98. The zero-order valence-electron chi connectivity index (χ0n) is 14.2. The van der Waals surface area contributed by atoms with E-state index in [2.05, 4.69) is 10.3 Å². The summed E-state index contributed by atoms with van der Waals surface area (Å²) in [6, 6.07) is 13.0. The third-order valence-corrected chi connectivity index (χ3v) is 4.27. The molecule has 0 bridgehead atoms. The molecule has 27 heavy (non-hydrogen) atoms. The van der Waals surface area contributed by atoms with Gasteiger partial charge in [-0.25, -0.2) is 19.7 Å². The Bertz CT molecular complexity index is 835. The van der Waals surface area contributed by atoms with Gasteiger partial charge in [0.1, 0.15) is 11.9 Å². The largest absolute Gasteiger partial charge is 0.444 e. The summed E-state index contributed by atoms with van der Waals surface area (Å²) in [7, 11) is 0. The van der Waals surface area contributed by atoms with E-state index in [1.165, 1.54) is 18.2 Å². The molecule has 2 aromatic carbocycles. The minimum Gasteiger partial charge on any atom is -0.444 e. The topological polar surface area (TPSA) is 86.2 Å². The number of likely N-dealkylation sites (tertiary alicyclic amines) is 1. The molecule has 0 aromatic heterocycles. The number of ether oxygens (including phenoxy) is 1. The summed E-state index contributed by atoms with van der Waals surface area (Å²) in [6.07, 6.45) is -0.328. The molecule has 1 fully saturated rings. The van der Waals surface area contributed by atoms with Crippen LogP contribution in [0.25, 0.3) is 0 Å². The molecule has 142 valence electrons. The minimum absolute atomic E-state index is 0.0613. The van der Waals surface area contributed by atoms with E-state index in [0.717, 1.165) is 0 Å². The van der Waals surface area contributed by atoms with Crippen LogP contribution in [0.2, 0.25) is 5.02 Å². The third kappa shape index (κ3) is 5.08. The van der Waals surface area contributed by atoms with Gasteiger partial charge in [0, 0.05) is 18.7 Å². The van der Waals surface area contributed by atoms with Gasteiger partial charge < -0.3 is 9.64 Å². The molecule has 3 rings (SSSR count). The van der Waals surface area contributed by atoms with Crippen molar-refractivity contribution in [3.8, 4) is 0 Å². The molecule has 1 saturated heterocycles. The van der Waals surface area contributed by atoms with Gasteiger partial charge in [-0.15, -0.1) is 0 Å². The minimum atomic E-state index is -0.548. The van der Waals surface area contributed by atoms with Gasteiger partial charge in [0.2, 0.25) is 5.96 Å². The van der Waals surface area contributed by atoms with E-state index in [9.17, 15) is 14.4 Å². The summed E-state index contributed by atoms with van der Waals surface area (Å²) in [5.74, 6) is -0.388. The smallest absolute Gasteiger partial charge is 0.411 e. The zero-order chi connectivity index (χ0) is 19.2. The molecule has 9 heteroatoms. The Morgan fingerprint density at radius 1 is 1.30 bits per heavy atom. The predicted octanol–water partition coefficient (Wildman–Crippen LogP) is 3.77. The second-order valence-corrected chi connectivity index (χ2v) is 6.31. The van der Waals surface area contributed by atoms with E-state index in [4.69, 9.17) is 16.3 Å². The highest BCUT2D eigenvalue weighted by Gasteiger charge is 2.28. The van der Waals surface area contributed by atoms with Crippen LogP contribution in [0.1, 0.15) is 6.42 Å². The van der Waals surface area contributed by atoms with E-state index in [0.29, 0.717) is 30.9 Å². The van der Waals surface area contributed by atoms with Gasteiger partial charge in [0.05, 0.1) is 17.3 Å². The van der Waals surface area contributed by atoms with Gasteiger partial charge >= 0.3 is 6.09 Å². The average Bonchev–Trinajstić information content (AvgIpc) is 3.11. The number of para-hydroxylation sites is 1. The Morgan fingerprint density at radius 2 is 2.07 bits per heavy atom. The first-order valence-corrected chi connectivity index (χ1v) is 8.64. The van der Waals surface area contributed by atoms with Crippen LogP contribution in [0.3, 0.4) is 0 Å². The van der Waals surface area contributed by atoms with E-state index >= 15 is 0 Å². The Kier molecular flexibility index (Phi) is 6.10. The van der Waals surface area contributed by atoms with Crippen molar-refractivity contribution in [2.24, 2.45) is 4.99 Å². The van der Waals surface area contributed by atoms with Crippen molar-refractivity contribution in [2.45, 2.75) is 12.5 Å². The van der Waals surface area contributed by atoms with Crippen LogP contribution >= 0.6 is 11.6 Å². The second-order valence-electron chi connectivity index (χ2n) is 5.90. The second kappa shape index (κ2) is 8.70. The number of amides is 1. The molecule has 0 aliphatic carbocycles. The molecule has 3 N–H and O–H groups in total. The Labute approximate surface area is 160 Å². The fourth-order valence-electron chi connectivity index (χ4n) is 2.68. The first kappa shape index (κ1) is 18.9. The van der Waals surface area contributed by atoms with Gasteiger partial charge in [-0.05, 0) is 30.3 Å². The number of hydroxylamine groups is 1. The highest BCUT2D eigenvalue weighted by Crippen LogP contribution is 2.22. The van der Waals surface area contributed by atoms with Crippen LogP contribution in [0.5, 0.6) is 0 Å². The van der Waals surface area contributed by atoms with Crippen LogP contribution in [0.4, 0.5) is 20.6 Å². The summed E-state index contributed by atoms with van der Waals surface area (Å²) in [5, 5.41) is 12.0. The van der Waals surface area contributed by atoms with Crippen LogP contribution in [-0.4, -0.2) is 41.4 Å². The molecule has 1 heterocycles. The summed E-state index contributed by atoms with van der Waals surface area (Å²) < 4.78 is 18.6. The van der Waals surface area contributed by atoms with Crippen LogP contribution in [-0.2, 0) is 4.74 Å². The lowest BCUT2D eigenvalue weighted by Gasteiger charge is -2.19. The first-order valence-electron chi connectivity index (χ1n) is 8.26. The Balaban J connectivity index is 1.59. The van der Waals surface area contributed by atoms with Crippen molar-refractivity contribution >= 4 is 35.0 Å². The molecule has 1 aliphatic heterocycles. The fraction of sp³-hybridized carbons (Fsp3) is 0.222. The fourth-order valence-corrected chi connectivity index (χ4v) is 2.86. The summed E-state index contributed by atoms with van der Waals surface area (Å²) in [4.78, 5) is 17.9. The number of hydrogen-bond donors (Lipinski definition) is 3. The molecule has 7 nitrogen and oxygen atoms in total. The number of aliphatic imine (C=N–C) groups is 1. The molecule has 2 aromatic rings. The standard InChI is InChI=1S/C18H18ClFN4O3/c19-15-10-13(6-7-16(15)20)21-17(23-26)24-9-8-14(11-24)27-18(25)22-12-4-2-1-3-5-12/h1-7,10,14,26H,8-9,11H2,(H,21,23)(H,22,25)/t14-/m0/s1. The highest BCUT2D eigenvalue weighted by atomic mass is 35.5. The lowest BCUT2D eigenvalue weighted by Crippen LogP contribution is -2.39. The summed E-state index contributed by atoms with van der Waals surface area (Å²) in [5.41, 5.74) is 3.05. The predicted molar refractivity (Wildman–Crippen MR) is 100.0 cm³/mol. The van der Waals surface area contributed by atoms with Gasteiger partial charge in [-0.2, -0.15) is 0 Å². The van der Waals surface area contributed by atoms with Gasteiger partial charge in [0.15, 0.2) is 0 Å². The Hall–Kier alpha value is -2.84. The monoisotopic (exact) mass is 392 g/mol. The zero-order valence-corrected chi connectivity index (χ0v) is 15.0. The number of carbonyl (C=O) groups excluding carboxylic acids is 1. The van der Waals surface area contributed by atoms with Crippen molar-refractivity contribution in [3.05, 3.63) is 59.4 Å². The molecule has 1 amide bonds. The van der Waals surface area contributed by atoms with Crippen LogP contribution in [0, 0.1) is 5.82 Å². The number of benzene rings is 2. The van der Waals surface area contributed by atoms with E-state index in [1.54, 1.807) is 17.0 Å². The van der Waals surface area contributed by atoms with E-state index in [-0.39, 0.29) is 17.1 Å². The maximum atomic E-state index is 13.2. The highest BCUT2D eigenvalue weighted by molar-refractivity contribution is 6.31. The van der Waals surface area contributed by atoms with Crippen molar-refractivity contribution in [2.75, 3.05) is 18.4 Å². The van der Waals surface area contributed by atoms with Gasteiger partial charge in [-0.3, -0.25) is 10.5 Å². The van der Waals surface area contributed by atoms with Crippen LogP contribution in [0.15, 0.2) is 53.5 Å². The SMILES string of the molecule is O=C(Nc1ccccc1)O[C@H]1CCN(C(=Nc2ccc(F)c(Cl)c2)NO)C1. The number of nitrogens with zero attached hydrogens (tertiary/aromatic N) is 2. The lowest BCUT2D eigenvalue weighted by molar-refractivity contribution is 0.116. The maximum Gasteiger partial charge on any atom is 0.411 e. The lowest BCUT2D eigenvalue weighted by atomic mass is 10.3. The number of anilines is 1. The van der Waals surface area contributed by atoms with Gasteiger partial charge in [0.25, 0.3) is 0 Å². The molecule has 0 radical (unpaired) electrons. The molecule has 0 saturated carbocycles. The average molecular weight is 393 g/mol. The number of carbonyl (C=O) groups is 1. The summed E-state index contributed by atoms with van der Waals surface area (Å²) in [6.45, 7) is 0.869. The first-order chi connectivity index (χ1) is 13.0. The van der Waals surface area contributed by atoms with E-state index in [1.807, 2.05) is 23.7 Å². The summed E-state index contributed by atoms with van der Waals surface area (Å²) >= 11 is 5.74. The van der Waals surface area contributed by atoms with Crippen molar-refractivity contribution in [3.63, 3.8) is 0 Å². The molecule has 1 aliphatic rings. The number of halogens is 2. The van der Waals surface area contributed by atoms with E-state index < -0.39 is 11.9 Å². The number of rotatable bonds is 3. The van der Waals surface area contributed by atoms with Crippen molar-refractivity contribution in [1.29, 1.82) is 0 Å². The number of nitrogens with one attached hydrogen (secondary N) is 2. The normalized spacial score (nSPS) is 16.9. The van der Waals surface area contributed by atoms with Crippen LogP contribution < -0.4 is 10.8 Å². The quantitative estimate of drug-likeness (QED) is 0.420. The Morgan fingerprint density at radius 3 is 2.78 bits per heavy atom. The van der Waals surface area contributed by atoms with Gasteiger partial charge in [-0.1, -0.05) is 29.8 Å². The number of hydrogen-bond acceptors (Lipinski definition) is 4. The number of guanidine groups is 1. The molecule has 0 unspecified atom stereocenters. The molecule has 1 atom stereocenters. The molecule has 0 spiro atoms. The maximum absolute atomic E-state index is 13.2. The van der Waals surface area contributed by atoms with Crippen molar-refractivity contribution < 1.29 is 19.1 Å².